The molecule has 0 spiro atoms. The van der Waals surface area contributed by atoms with Crippen molar-refractivity contribution in [1.29, 1.82) is 0 Å². The van der Waals surface area contributed by atoms with Crippen LogP contribution in [0.25, 0.3) is 16.9 Å². The summed E-state index contributed by atoms with van der Waals surface area (Å²) in [6.07, 6.45) is 0. The van der Waals surface area contributed by atoms with Gasteiger partial charge in [-0.05, 0) is 31.9 Å². The molecule has 0 aliphatic rings. The van der Waals surface area contributed by atoms with Gasteiger partial charge in [-0.1, -0.05) is 48.5 Å². The summed E-state index contributed by atoms with van der Waals surface area (Å²) < 4.78 is 2.58. The summed E-state index contributed by atoms with van der Waals surface area (Å²) in [7, 11) is 0. The second-order valence-electron chi connectivity index (χ2n) is 7.00. The summed E-state index contributed by atoms with van der Waals surface area (Å²) >= 11 is 0. The van der Waals surface area contributed by atoms with Gasteiger partial charge in [0.2, 0.25) is 5.91 Å². The minimum absolute atomic E-state index is 0.172. The summed E-state index contributed by atoms with van der Waals surface area (Å²) in [4.78, 5) is 29.8. The number of aryl methyl sites for hydroxylation is 3. The van der Waals surface area contributed by atoms with E-state index < -0.39 is 0 Å². The normalized spacial score (nSPS) is 11.0. The van der Waals surface area contributed by atoms with Gasteiger partial charge in [-0.25, -0.2) is 18.9 Å². The fourth-order valence-electron chi connectivity index (χ4n) is 3.39. The average Bonchev–Trinajstić information content (AvgIpc) is 3.01. The molecule has 0 radical (unpaired) electrons. The van der Waals surface area contributed by atoms with Crippen molar-refractivity contribution < 1.29 is 4.79 Å². The Hall–Kier alpha value is -3.74. The Morgan fingerprint density at radius 1 is 1.00 bits per heavy atom. The molecule has 2 aromatic heterocycles. The number of benzene rings is 2. The molecule has 1 amide bonds. The van der Waals surface area contributed by atoms with Crippen LogP contribution in [0.2, 0.25) is 0 Å². The second-order valence-corrected chi connectivity index (χ2v) is 7.00. The van der Waals surface area contributed by atoms with Crippen LogP contribution in [0.1, 0.15) is 17.0 Å². The van der Waals surface area contributed by atoms with E-state index in [9.17, 15) is 9.59 Å². The van der Waals surface area contributed by atoms with Gasteiger partial charge in [0.15, 0.2) is 5.65 Å². The van der Waals surface area contributed by atoms with Gasteiger partial charge in [-0.3, -0.25) is 4.79 Å². The predicted octanol–water partition coefficient (Wildman–Crippen LogP) is 3.12. The van der Waals surface area contributed by atoms with Crippen LogP contribution in [0.5, 0.6) is 0 Å². The lowest BCUT2D eigenvalue weighted by atomic mass is 10.1. The summed E-state index contributed by atoms with van der Waals surface area (Å²) in [6.45, 7) is 5.44. The number of para-hydroxylation sites is 1. The van der Waals surface area contributed by atoms with Crippen molar-refractivity contribution in [1.82, 2.24) is 19.2 Å². The molecule has 7 heteroatoms. The van der Waals surface area contributed by atoms with Gasteiger partial charge in [-0.15, -0.1) is 5.10 Å². The van der Waals surface area contributed by atoms with E-state index in [1.54, 1.807) is 13.0 Å². The van der Waals surface area contributed by atoms with Gasteiger partial charge < -0.3 is 5.32 Å². The van der Waals surface area contributed by atoms with E-state index in [0.717, 1.165) is 28.1 Å². The lowest BCUT2D eigenvalue weighted by Gasteiger charge is -2.10. The maximum absolute atomic E-state index is 12.8. The molecule has 0 bridgehead atoms. The number of carbonyl (C=O) groups excluding carboxylic acids is 1. The summed E-state index contributed by atoms with van der Waals surface area (Å²) in [5.41, 5.74) is 4.43. The predicted molar refractivity (Wildman–Crippen MR) is 112 cm³/mol. The van der Waals surface area contributed by atoms with E-state index in [1.165, 1.54) is 9.08 Å². The van der Waals surface area contributed by atoms with E-state index >= 15 is 0 Å². The first-order chi connectivity index (χ1) is 13.9. The van der Waals surface area contributed by atoms with Gasteiger partial charge in [0.05, 0.1) is 5.69 Å². The number of rotatable bonds is 4. The van der Waals surface area contributed by atoms with Crippen LogP contribution in [-0.4, -0.2) is 25.1 Å². The molecule has 4 aromatic rings. The first kappa shape index (κ1) is 18.6. The lowest BCUT2D eigenvalue weighted by Crippen LogP contribution is -2.29. The molecule has 4 rings (SSSR count). The first-order valence-electron chi connectivity index (χ1n) is 9.33. The van der Waals surface area contributed by atoms with Crippen LogP contribution in [0.3, 0.4) is 0 Å². The standard InChI is InChI=1S/C22H21N5O2/c1-14-8-7-9-15(2)21(14)24-20(28)13-26-22(29)27-16(3)23-18(12-19(27)25-26)17-10-5-4-6-11-17/h4-12H,13H2,1-3H3,(H,24,28). The minimum atomic E-state index is -0.388. The van der Waals surface area contributed by atoms with Crippen LogP contribution in [0.4, 0.5) is 5.69 Å². The van der Waals surface area contributed by atoms with Crippen LogP contribution in [0.15, 0.2) is 59.4 Å². The van der Waals surface area contributed by atoms with E-state index in [2.05, 4.69) is 15.4 Å². The average molecular weight is 387 g/mol. The highest BCUT2D eigenvalue weighted by Gasteiger charge is 2.15. The van der Waals surface area contributed by atoms with Gasteiger partial charge in [0.1, 0.15) is 12.4 Å². The highest BCUT2D eigenvalue weighted by Crippen LogP contribution is 2.20. The monoisotopic (exact) mass is 387 g/mol. The molecule has 0 saturated carbocycles. The van der Waals surface area contributed by atoms with Gasteiger partial charge in [0.25, 0.3) is 0 Å². The second kappa shape index (κ2) is 7.35. The molecule has 29 heavy (non-hydrogen) atoms. The quantitative estimate of drug-likeness (QED) is 0.583. The Kier molecular flexibility index (Phi) is 4.72. The molecule has 0 saturated heterocycles. The fraction of sp³-hybridized carbons (Fsp3) is 0.182. The van der Waals surface area contributed by atoms with Crippen LogP contribution < -0.4 is 11.0 Å². The van der Waals surface area contributed by atoms with Crippen molar-refractivity contribution >= 4 is 17.2 Å². The van der Waals surface area contributed by atoms with E-state index in [0.29, 0.717) is 11.5 Å². The number of nitrogens with one attached hydrogen (secondary N) is 1. The Morgan fingerprint density at radius 3 is 2.38 bits per heavy atom. The number of fused-ring (bicyclic) bond motifs is 1. The van der Waals surface area contributed by atoms with Crippen molar-refractivity contribution in [3.05, 3.63) is 82.0 Å². The Balaban J connectivity index is 1.66. The Morgan fingerprint density at radius 2 is 1.69 bits per heavy atom. The molecule has 2 aromatic carbocycles. The summed E-state index contributed by atoms with van der Waals surface area (Å²) in [5, 5.41) is 7.24. The van der Waals surface area contributed by atoms with Gasteiger partial charge in [-0.2, -0.15) is 0 Å². The number of nitrogens with zero attached hydrogens (tertiary/aromatic N) is 4. The number of amides is 1. The molecular formula is C22H21N5O2. The zero-order chi connectivity index (χ0) is 20.5. The first-order valence-corrected chi connectivity index (χ1v) is 9.33. The molecule has 0 unspecified atom stereocenters. The molecule has 7 nitrogen and oxygen atoms in total. The van der Waals surface area contributed by atoms with Gasteiger partial charge >= 0.3 is 5.69 Å². The number of hydrogen-bond acceptors (Lipinski definition) is 4. The van der Waals surface area contributed by atoms with Gasteiger partial charge in [0, 0.05) is 17.3 Å². The SMILES string of the molecule is Cc1cccc(C)c1NC(=O)Cn1nc2cc(-c3ccccc3)nc(C)n2c1=O. The van der Waals surface area contributed by atoms with Crippen molar-refractivity contribution in [2.45, 2.75) is 27.3 Å². The highest BCUT2D eigenvalue weighted by atomic mass is 16.2. The third kappa shape index (κ3) is 3.54. The lowest BCUT2D eigenvalue weighted by molar-refractivity contribution is -0.117. The van der Waals surface area contributed by atoms with Crippen molar-refractivity contribution in [3.8, 4) is 11.3 Å². The van der Waals surface area contributed by atoms with E-state index in [4.69, 9.17) is 0 Å². The molecule has 0 aliphatic carbocycles. The Bertz CT molecular complexity index is 1250. The van der Waals surface area contributed by atoms with E-state index in [-0.39, 0.29) is 18.1 Å². The molecule has 0 atom stereocenters. The smallest absolute Gasteiger partial charge is 0.324 e. The van der Waals surface area contributed by atoms with Crippen LogP contribution in [-0.2, 0) is 11.3 Å². The van der Waals surface area contributed by atoms with Crippen molar-refractivity contribution in [3.63, 3.8) is 0 Å². The maximum atomic E-state index is 12.8. The molecule has 0 fully saturated rings. The van der Waals surface area contributed by atoms with E-state index in [1.807, 2.05) is 62.4 Å². The largest absolute Gasteiger partial charge is 0.352 e. The minimum Gasteiger partial charge on any atom is -0.324 e. The van der Waals surface area contributed by atoms with Crippen molar-refractivity contribution in [2.24, 2.45) is 0 Å². The number of hydrogen-bond donors (Lipinski definition) is 1. The number of anilines is 1. The molecule has 0 aliphatic heterocycles. The molecule has 146 valence electrons. The molecule has 1 N–H and O–H groups in total. The van der Waals surface area contributed by atoms with Crippen molar-refractivity contribution in [2.75, 3.05) is 5.32 Å². The third-order valence-corrected chi connectivity index (χ3v) is 4.84. The number of aromatic nitrogens is 4. The molecular weight excluding hydrogens is 366 g/mol. The topological polar surface area (TPSA) is 81.3 Å². The zero-order valence-electron chi connectivity index (χ0n) is 16.5. The zero-order valence-corrected chi connectivity index (χ0v) is 16.5. The third-order valence-electron chi connectivity index (χ3n) is 4.84. The summed E-state index contributed by atoms with van der Waals surface area (Å²) in [6, 6.07) is 17.2. The fourth-order valence-corrected chi connectivity index (χ4v) is 3.39. The van der Waals surface area contributed by atoms with Crippen LogP contribution in [0, 0.1) is 20.8 Å². The molecule has 2 heterocycles. The Labute approximate surface area is 167 Å². The summed E-state index contributed by atoms with van der Waals surface area (Å²) in [5.74, 6) is 0.217. The number of carbonyl (C=O) groups is 1. The maximum Gasteiger partial charge on any atom is 0.352 e. The highest BCUT2D eigenvalue weighted by molar-refractivity contribution is 5.92. The van der Waals surface area contributed by atoms with Crippen LogP contribution >= 0.6 is 0 Å².